The lowest BCUT2D eigenvalue weighted by Crippen LogP contribution is -2.09. The van der Waals surface area contributed by atoms with Crippen LogP contribution in [0.25, 0.3) is 11.6 Å². The Morgan fingerprint density at radius 3 is 2.82 bits per heavy atom. The van der Waals surface area contributed by atoms with Crippen molar-refractivity contribution < 1.29 is 0 Å². The van der Waals surface area contributed by atoms with Gasteiger partial charge in [0.2, 0.25) is 0 Å². The van der Waals surface area contributed by atoms with E-state index in [1.165, 1.54) is 4.88 Å². The average Bonchev–Trinajstić information content (AvgIpc) is 3.50. The first-order chi connectivity index (χ1) is 13.8. The Hall–Kier alpha value is -3.21. The van der Waals surface area contributed by atoms with Gasteiger partial charge >= 0.3 is 0 Å². The number of aromatic amines is 2. The monoisotopic (exact) mass is 396 g/mol. The number of thiophene rings is 1. The van der Waals surface area contributed by atoms with Crippen LogP contribution in [0.4, 0.5) is 0 Å². The third kappa shape index (κ3) is 4.19. The van der Waals surface area contributed by atoms with Crippen molar-refractivity contribution in [2.45, 2.75) is 39.2 Å². The summed E-state index contributed by atoms with van der Waals surface area (Å²) in [7, 11) is 0. The zero-order chi connectivity index (χ0) is 19.2. The van der Waals surface area contributed by atoms with E-state index in [-0.39, 0.29) is 0 Å². The summed E-state index contributed by atoms with van der Waals surface area (Å²) in [4.78, 5) is 5.88. The summed E-state index contributed by atoms with van der Waals surface area (Å²) >= 11 is 1.71. The molecule has 0 aliphatic rings. The molecule has 28 heavy (non-hydrogen) atoms. The number of allylic oxidation sites excluding steroid dienone is 1. The summed E-state index contributed by atoms with van der Waals surface area (Å²) in [5.41, 5.74) is 1.96. The van der Waals surface area contributed by atoms with E-state index in [9.17, 15) is 0 Å². The molecule has 0 spiro atoms. The van der Waals surface area contributed by atoms with Crippen molar-refractivity contribution >= 4 is 23.0 Å². The Bertz CT molecular complexity index is 999. The maximum absolute atomic E-state index is 4.64. The lowest BCUT2D eigenvalue weighted by Gasteiger charge is -2.09. The van der Waals surface area contributed by atoms with E-state index in [1.54, 1.807) is 11.3 Å². The van der Waals surface area contributed by atoms with Crippen LogP contribution in [0.5, 0.6) is 0 Å². The van der Waals surface area contributed by atoms with Crippen LogP contribution in [-0.4, -0.2) is 50.8 Å². The highest BCUT2D eigenvalue weighted by atomic mass is 32.1. The zero-order valence-electron chi connectivity index (χ0n) is 15.4. The van der Waals surface area contributed by atoms with Gasteiger partial charge in [0.1, 0.15) is 5.82 Å². The van der Waals surface area contributed by atoms with Gasteiger partial charge in [0.05, 0.1) is 18.4 Å². The molecule has 0 bridgehead atoms. The fraction of sp³-hybridized carbons (Fsp3) is 0.353. The number of aryl methyl sites for hydroxylation is 1. The number of hydrogen-bond acceptors (Lipinski definition) is 8. The molecule has 0 aliphatic heterocycles. The van der Waals surface area contributed by atoms with Crippen LogP contribution in [0.15, 0.2) is 23.7 Å². The number of nitrogens with zero attached hydrogens (tertiary/aromatic N) is 8. The molecule has 0 saturated heterocycles. The molecule has 0 unspecified atom stereocenters. The van der Waals surface area contributed by atoms with Gasteiger partial charge in [-0.25, -0.2) is 15.2 Å². The minimum atomic E-state index is 0.527. The van der Waals surface area contributed by atoms with Crippen molar-refractivity contribution in [3.8, 4) is 0 Å². The second-order valence-electron chi connectivity index (χ2n) is 6.31. The van der Waals surface area contributed by atoms with E-state index in [1.807, 2.05) is 12.3 Å². The second-order valence-corrected chi connectivity index (χ2v) is 7.34. The number of H-pyrrole nitrogens is 2. The predicted molar refractivity (Wildman–Crippen MR) is 104 cm³/mol. The van der Waals surface area contributed by atoms with Gasteiger partial charge in [0.25, 0.3) is 0 Å². The Morgan fingerprint density at radius 2 is 2.11 bits per heavy atom. The first-order valence-electron chi connectivity index (χ1n) is 9.07. The molecule has 4 aromatic rings. The molecule has 11 heteroatoms. The molecule has 0 saturated carbocycles. The topological polar surface area (TPSA) is 127 Å². The minimum Gasteiger partial charge on any atom is -0.321 e. The van der Waals surface area contributed by atoms with Crippen LogP contribution in [0.2, 0.25) is 0 Å². The number of imidazole rings is 1. The highest BCUT2D eigenvalue weighted by molar-refractivity contribution is 7.10. The van der Waals surface area contributed by atoms with Crippen molar-refractivity contribution in [3.63, 3.8) is 0 Å². The van der Waals surface area contributed by atoms with Crippen LogP contribution in [0.3, 0.4) is 0 Å². The highest BCUT2D eigenvalue weighted by Crippen LogP contribution is 2.23. The summed E-state index contributed by atoms with van der Waals surface area (Å²) in [6, 6.07) is 4.15. The maximum atomic E-state index is 4.64. The first-order valence-corrected chi connectivity index (χ1v) is 9.95. The Balaban J connectivity index is 1.71. The van der Waals surface area contributed by atoms with Gasteiger partial charge in [-0.15, -0.1) is 21.5 Å². The lowest BCUT2D eigenvalue weighted by molar-refractivity contribution is 0.656. The third-order valence-electron chi connectivity index (χ3n) is 4.34. The van der Waals surface area contributed by atoms with Crippen molar-refractivity contribution in [1.82, 2.24) is 50.8 Å². The van der Waals surface area contributed by atoms with Crippen molar-refractivity contribution in [1.29, 1.82) is 0 Å². The maximum Gasteiger partial charge on any atom is 0.175 e. The minimum absolute atomic E-state index is 0.527. The summed E-state index contributed by atoms with van der Waals surface area (Å²) < 4.78 is 2.13. The molecular formula is C17H20N10S. The Kier molecular flexibility index (Phi) is 5.61. The molecular weight excluding hydrogens is 376 g/mol. The van der Waals surface area contributed by atoms with Gasteiger partial charge < -0.3 is 4.57 Å². The van der Waals surface area contributed by atoms with Crippen LogP contribution >= 0.6 is 11.3 Å². The standard InChI is InChI=1S/C17H20N10S/c1-2-3-6-16-18-10-13(27(16)11-15-19-23-24-20-15)8-12(17-21-25-26-22-17)9-14-5-4-7-28-14/h4-5,7-8,10H,2-3,6,9,11H2,1H3,(H,19,20,23,24)(H,21,22,25,26)/b12-8-. The van der Waals surface area contributed by atoms with Crippen LogP contribution < -0.4 is 0 Å². The fourth-order valence-corrected chi connectivity index (χ4v) is 3.66. The molecule has 144 valence electrons. The quantitative estimate of drug-likeness (QED) is 0.444. The summed E-state index contributed by atoms with van der Waals surface area (Å²) in [5, 5.41) is 30.7. The molecule has 4 heterocycles. The number of unbranched alkanes of at least 4 members (excludes halogenated alkanes) is 1. The van der Waals surface area contributed by atoms with Gasteiger partial charge in [-0.3, -0.25) is 0 Å². The van der Waals surface area contributed by atoms with E-state index in [0.29, 0.717) is 18.2 Å². The fourth-order valence-electron chi connectivity index (χ4n) is 2.93. The van der Waals surface area contributed by atoms with Crippen LogP contribution in [-0.2, 0) is 19.4 Å². The number of rotatable bonds is 9. The molecule has 0 aromatic carbocycles. The SMILES string of the molecule is CCCCc1ncc(/C=C(/Cc2cccs2)c2nnn[nH]2)n1Cc1nnn[nH]1. The molecule has 0 atom stereocenters. The molecule has 0 radical (unpaired) electrons. The normalized spacial score (nSPS) is 12.0. The van der Waals surface area contributed by atoms with E-state index >= 15 is 0 Å². The Labute approximate surface area is 165 Å². The number of nitrogens with one attached hydrogen (secondary N) is 2. The molecule has 0 fully saturated rings. The van der Waals surface area contributed by atoms with Crippen molar-refractivity contribution in [2.24, 2.45) is 0 Å². The van der Waals surface area contributed by atoms with E-state index in [0.717, 1.165) is 42.8 Å². The van der Waals surface area contributed by atoms with Crippen molar-refractivity contribution in [3.05, 3.63) is 51.8 Å². The predicted octanol–water partition coefficient (Wildman–Crippen LogP) is 2.14. The van der Waals surface area contributed by atoms with Crippen LogP contribution in [0.1, 0.15) is 47.8 Å². The van der Waals surface area contributed by atoms with E-state index in [4.69, 9.17) is 0 Å². The van der Waals surface area contributed by atoms with Gasteiger partial charge in [0.15, 0.2) is 11.6 Å². The smallest absolute Gasteiger partial charge is 0.175 e. The van der Waals surface area contributed by atoms with E-state index in [2.05, 4.69) is 75.2 Å². The van der Waals surface area contributed by atoms with Gasteiger partial charge in [0, 0.05) is 23.3 Å². The molecule has 2 N–H and O–H groups in total. The first kappa shape index (κ1) is 18.2. The number of aromatic nitrogens is 10. The largest absolute Gasteiger partial charge is 0.321 e. The van der Waals surface area contributed by atoms with Gasteiger partial charge in [-0.2, -0.15) is 0 Å². The molecule has 0 amide bonds. The molecule has 10 nitrogen and oxygen atoms in total. The van der Waals surface area contributed by atoms with E-state index < -0.39 is 0 Å². The molecule has 0 aliphatic carbocycles. The third-order valence-corrected chi connectivity index (χ3v) is 5.21. The van der Waals surface area contributed by atoms with Crippen molar-refractivity contribution in [2.75, 3.05) is 0 Å². The Morgan fingerprint density at radius 1 is 1.21 bits per heavy atom. The number of tetrazole rings is 2. The zero-order valence-corrected chi connectivity index (χ0v) is 16.2. The number of hydrogen-bond donors (Lipinski definition) is 2. The highest BCUT2D eigenvalue weighted by Gasteiger charge is 2.14. The van der Waals surface area contributed by atoms with Gasteiger partial charge in [-0.05, 0) is 44.8 Å². The second kappa shape index (κ2) is 8.65. The lowest BCUT2D eigenvalue weighted by atomic mass is 10.1. The summed E-state index contributed by atoms with van der Waals surface area (Å²) in [5.74, 6) is 2.35. The molecule has 4 aromatic heterocycles. The van der Waals surface area contributed by atoms with Crippen LogP contribution in [0, 0.1) is 0 Å². The van der Waals surface area contributed by atoms with Gasteiger partial charge in [-0.1, -0.05) is 19.4 Å². The molecule has 4 rings (SSSR count). The average molecular weight is 396 g/mol. The summed E-state index contributed by atoms with van der Waals surface area (Å²) in [6.07, 6.45) is 7.77. The summed E-state index contributed by atoms with van der Waals surface area (Å²) in [6.45, 7) is 2.70.